The van der Waals surface area contributed by atoms with Crippen LogP contribution >= 0.6 is 0 Å². The Morgan fingerprint density at radius 1 is 1.33 bits per heavy atom. The van der Waals surface area contributed by atoms with Crippen LogP contribution in [0.4, 0.5) is 10.1 Å². The minimum atomic E-state index is -0.717. The van der Waals surface area contributed by atoms with E-state index in [0.29, 0.717) is 18.0 Å². The second-order valence-electron chi connectivity index (χ2n) is 4.92. The quantitative estimate of drug-likeness (QED) is 0.808. The first kappa shape index (κ1) is 12.9. The Hall–Kier alpha value is -1.58. The SMILES string of the molecule is O=C(CC1CCCCC1)Nc1ccc(O)c(F)c1. The summed E-state index contributed by atoms with van der Waals surface area (Å²) in [7, 11) is 0. The highest BCUT2D eigenvalue weighted by molar-refractivity contribution is 5.90. The van der Waals surface area contributed by atoms with E-state index in [-0.39, 0.29) is 5.91 Å². The van der Waals surface area contributed by atoms with Crippen molar-refractivity contribution < 1.29 is 14.3 Å². The highest BCUT2D eigenvalue weighted by Gasteiger charge is 2.17. The fourth-order valence-electron chi connectivity index (χ4n) is 2.45. The van der Waals surface area contributed by atoms with Crippen LogP contribution in [0.15, 0.2) is 18.2 Å². The zero-order chi connectivity index (χ0) is 13.0. The van der Waals surface area contributed by atoms with Crippen molar-refractivity contribution in [1.82, 2.24) is 0 Å². The summed E-state index contributed by atoms with van der Waals surface area (Å²) < 4.78 is 13.1. The van der Waals surface area contributed by atoms with E-state index in [4.69, 9.17) is 5.11 Å². The lowest BCUT2D eigenvalue weighted by Crippen LogP contribution is -2.18. The molecule has 4 heteroatoms. The molecule has 1 saturated carbocycles. The Kier molecular flexibility index (Phi) is 4.18. The van der Waals surface area contributed by atoms with Crippen LogP contribution in [-0.2, 0) is 4.79 Å². The second-order valence-corrected chi connectivity index (χ2v) is 4.92. The topological polar surface area (TPSA) is 49.3 Å². The van der Waals surface area contributed by atoms with Crippen LogP contribution in [0.3, 0.4) is 0 Å². The monoisotopic (exact) mass is 251 g/mol. The molecule has 1 aliphatic rings. The van der Waals surface area contributed by atoms with Crippen molar-refractivity contribution in [3.05, 3.63) is 24.0 Å². The molecule has 1 amide bonds. The molecule has 2 N–H and O–H groups in total. The number of phenolic OH excluding ortho intramolecular Hbond substituents is 1. The largest absolute Gasteiger partial charge is 0.505 e. The Morgan fingerprint density at radius 3 is 2.72 bits per heavy atom. The third kappa shape index (κ3) is 3.45. The lowest BCUT2D eigenvalue weighted by molar-refractivity contribution is -0.117. The Labute approximate surface area is 106 Å². The van der Waals surface area contributed by atoms with Gasteiger partial charge in [0.25, 0.3) is 0 Å². The van der Waals surface area contributed by atoms with E-state index >= 15 is 0 Å². The number of rotatable bonds is 3. The van der Waals surface area contributed by atoms with E-state index in [1.165, 1.54) is 31.4 Å². The van der Waals surface area contributed by atoms with Gasteiger partial charge in [-0.3, -0.25) is 4.79 Å². The molecule has 0 saturated heterocycles. The molecule has 0 radical (unpaired) electrons. The van der Waals surface area contributed by atoms with Crippen molar-refractivity contribution in [2.24, 2.45) is 5.92 Å². The molecule has 0 aromatic heterocycles. The molecule has 3 nitrogen and oxygen atoms in total. The maximum atomic E-state index is 13.1. The summed E-state index contributed by atoms with van der Waals surface area (Å²) in [5, 5.41) is 11.7. The van der Waals surface area contributed by atoms with Crippen LogP contribution < -0.4 is 5.32 Å². The average Bonchev–Trinajstić information content (AvgIpc) is 2.35. The van der Waals surface area contributed by atoms with Gasteiger partial charge in [0.2, 0.25) is 5.91 Å². The maximum Gasteiger partial charge on any atom is 0.224 e. The lowest BCUT2D eigenvalue weighted by atomic mass is 9.87. The molecule has 98 valence electrons. The zero-order valence-corrected chi connectivity index (χ0v) is 10.3. The first-order valence-electron chi connectivity index (χ1n) is 6.43. The highest BCUT2D eigenvalue weighted by Crippen LogP contribution is 2.27. The van der Waals surface area contributed by atoms with Gasteiger partial charge in [0.05, 0.1) is 0 Å². The Bertz CT molecular complexity index is 428. The van der Waals surface area contributed by atoms with E-state index in [2.05, 4.69) is 5.32 Å². The van der Waals surface area contributed by atoms with Crippen LogP contribution in [0.5, 0.6) is 5.75 Å². The Balaban J connectivity index is 1.88. The number of phenols is 1. The molecule has 0 spiro atoms. The number of anilines is 1. The molecular formula is C14H18FNO2. The molecule has 1 aromatic rings. The molecule has 0 atom stereocenters. The fraction of sp³-hybridized carbons (Fsp3) is 0.500. The van der Waals surface area contributed by atoms with Gasteiger partial charge < -0.3 is 10.4 Å². The molecule has 18 heavy (non-hydrogen) atoms. The lowest BCUT2D eigenvalue weighted by Gasteiger charge is -2.20. The standard InChI is InChI=1S/C14H18FNO2/c15-12-9-11(6-7-13(12)17)16-14(18)8-10-4-2-1-3-5-10/h6-7,9-10,17H,1-5,8H2,(H,16,18). The summed E-state index contributed by atoms with van der Waals surface area (Å²) in [6.07, 6.45) is 6.38. The highest BCUT2D eigenvalue weighted by atomic mass is 19.1. The van der Waals surface area contributed by atoms with Crippen molar-refractivity contribution in [1.29, 1.82) is 0 Å². The summed E-state index contributed by atoms with van der Waals surface area (Å²) >= 11 is 0. The number of hydrogen-bond acceptors (Lipinski definition) is 2. The second kappa shape index (κ2) is 5.85. The first-order valence-corrected chi connectivity index (χ1v) is 6.43. The van der Waals surface area contributed by atoms with E-state index < -0.39 is 11.6 Å². The van der Waals surface area contributed by atoms with Gasteiger partial charge >= 0.3 is 0 Å². The van der Waals surface area contributed by atoms with Crippen molar-refractivity contribution in [2.75, 3.05) is 5.32 Å². The molecule has 1 aromatic carbocycles. The fourth-order valence-corrected chi connectivity index (χ4v) is 2.45. The summed E-state index contributed by atoms with van der Waals surface area (Å²) in [6.45, 7) is 0. The van der Waals surface area contributed by atoms with Crippen LogP contribution in [0, 0.1) is 11.7 Å². The number of hydrogen-bond donors (Lipinski definition) is 2. The molecule has 0 aliphatic heterocycles. The first-order chi connectivity index (χ1) is 8.65. The van der Waals surface area contributed by atoms with Gasteiger partial charge in [0, 0.05) is 18.2 Å². The molecule has 0 bridgehead atoms. The molecule has 2 rings (SSSR count). The maximum absolute atomic E-state index is 13.1. The molecule has 1 fully saturated rings. The number of carbonyl (C=O) groups excluding carboxylic acids is 1. The molecular weight excluding hydrogens is 233 g/mol. The summed E-state index contributed by atoms with van der Waals surface area (Å²) in [4.78, 5) is 11.8. The van der Waals surface area contributed by atoms with Gasteiger partial charge in [0.15, 0.2) is 11.6 Å². The average molecular weight is 251 g/mol. The van der Waals surface area contributed by atoms with Crippen LogP contribution in [0.25, 0.3) is 0 Å². The number of carbonyl (C=O) groups is 1. The van der Waals surface area contributed by atoms with Crippen LogP contribution in [-0.4, -0.2) is 11.0 Å². The van der Waals surface area contributed by atoms with E-state index in [1.807, 2.05) is 0 Å². The van der Waals surface area contributed by atoms with E-state index in [9.17, 15) is 9.18 Å². The van der Waals surface area contributed by atoms with Crippen molar-refractivity contribution >= 4 is 11.6 Å². The van der Waals surface area contributed by atoms with Crippen LogP contribution in [0.1, 0.15) is 38.5 Å². The van der Waals surface area contributed by atoms with Gasteiger partial charge in [-0.05, 0) is 30.9 Å². The summed E-state index contributed by atoms with van der Waals surface area (Å²) in [5.74, 6) is -0.738. The summed E-state index contributed by atoms with van der Waals surface area (Å²) in [6, 6.07) is 3.87. The van der Waals surface area contributed by atoms with Gasteiger partial charge in [-0.1, -0.05) is 19.3 Å². The van der Waals surface area contributed by atoms with Crippen molar-refractivity contribution in [3.8, 4) is 5.75 Å². The normalized spacial score (nSPS) is 16.5. The van der Waals surface area contributed by atoms with Crippen molar-refractivity contribution in [3.63, 3.8) is 0 Å². The van der Waals surface area contributed by atoms with Gasteiger partial charge in [-0.25, -0.2) is 4.39 Å². The van der Waals surface area contributed by atoms with Gasteiger partial charge in [0.1, 0.15) is 0 Å². The minimum absolute atomic E-state index is 0.0769. The number of benzene rings is 1. The molecule has 1 aliphatic carbocycles. The van der Waals surface area contributed by atoms with Crippen LogP contribution in [0.2, 0.25) is 0 Å². The minimum Gasteiger partial charge on any atom is -0.505 e. The number of aromatic hydroxyl groups is 1. The number of amides is 1. The molecule has 0 heterocycles. The van der Waals surface area contributed by atoms with E-state index in [0.717, 1.165) is 18.9 Å². The smallest absolute Gasteiger partial charge is 0.224 e. The predicted octanol–water partition coefficient (Wildman–Crippen LogP) is 3.44. The van der Waals surface area contributed by atoms with E-state index in [1.54, 1.807) is 0 Å². The van der Waals surface area contributed by atoms with Gasteiger partial charge in [-0.2, -0.15) is 0 Å². The predicted molar refractivity (Wildman–Crippen MR) is 67.9 cm³/mol. The third-order valence-corrected chi connectivity index (χ3v) is 3.43. The van der Waals surface area contributed by atoms with Gasteiger partial charge in [-0.15, -0.1) is 0 Å². The number of halogens is 1. The summed E-state index contributed by atoms with van der Waals surface area (Å²) in [5.41, 5.74) is 0.395. The Morgan fingerprint density at radius 2 is 2.06 bits per heavy atom. The third-order valence-electron chi connectivity index (χ3n) is 3.43. The van der Waals surface area contributed by atoms with Crippen molar-refractivity contribution in [2.45, 2.75) is 38.5 Å². The number of nitrogens with one attached hydrogen (secondary N) is 1. The molecule has 0 unspecified atom stereocenters. The zero-order valence-electron chi connectivity index (χ0n) is 10.3.